The van der Waals surface area contributed by atoms with E-state index in [1.165, 1.54) is 6.07 Å². The Kier molecular flexibility index (Phi) is 13.3. The van der Waals surface area contributed by atoms with Crippen LogP contribution in [0.4, 0.5) is 30.7 Å². The molecular formula is C23H29F7N4O5. The van der Waals surface area contributed by atoms with Crippen molar-refractivity contribution in [2.45, 2.75) is 32.0 Å². The van der Waals surface area contributed by atoms with Crippen LogP contribution in [0.25, 0.3) is 0 Å². The van der Waals surface area contributed by atoms with Crippen LogP contribution >= 0.6 is 0 Å². The maximum Gasteiger partial charge on any atom is 0.490 e. The van der Waals surface area contributed by atoms with E-state index < -0.39 is 24.3 Å². The first-order chi connectivity index (χ1) is 18.0. The third kappa shape index (κ3) is 13.9. The van der Waals surface area contributed by atoms with Crippen molar-refractivity contribution in [2.75, 3.05) is 40.4 Å². The molecule has 1 unspecified atom stereocenters. The van der Waals surface area contributed by atoms with Gasteiger partial charge < -0.3 is 24.4 Å². The van der Waals surface area contributed by atoms with Gasteiger partial charge in [0, 0.05) is 44.5 Å². The van der Waals surface area contributed by atoms with Crippen LogP contribution in [-0.4, -0.2) is 94.3 Å². The number of fused-ring (bicyclic) bond motifs is 1. The van der Waals surface area contributed by atoms with Crippen LogP contribution in [0.3, 0.4) is 0 Å². The summed E-state index contributed by atoms with van der Waals surface area (Å²) in [6.45, 7) is 5.72. The number of likely N-dealkylation sites (N-methyl/N-ethyl adjacent to an activating group) is 1. The molecule has 2 aromatic rings. The lowest BCUT2D eigenvalue weighted by Crippen LogP contribution is -2.30. The summed E-state index contributed by atoms with van der Waals surface area (Å²) in [5.41, 5.74) is 0.993. The van der Waals surface area contributed by atoms with Crippen LogP contribution in [-0.2, 0) is 34.0 Å². The van der Waals surface area contributed by atoms with Crippen molar-refractivity contribution < 1.29 is 55.3 Å². The van der Waals surface area contributed by atoms with Crippen LogP contribution in [0.1, 0.15) is 11.4 Å². The zero-order valence-electron chi connectivity index (χ0n) is 21.0. The van der Waals surface area contributed by atoms with Gasteiger partial charge in [0.25, 0.3) is 0 Å². The number of rotatable bonds is 7. The summed E-state index contributed by atoms with van der Waals surface area (Å²) < 4.78 is 85.1. The molecule has 3 rings (SSSR count). The smallest absolute Gasteiger partial charge is 0.475 e. The molecule has 1 atom stereocenters. The number of halogens is 7. The molecule has 1 aromatic heterocycles. The molecule has 39 heavy (non-hydrogen) atoms. The molecule has 0 spiro atoms. The quantitative estimate of drug-likeness (QED) is 0.382. The fourth-order valence-electron chi connectivity index (χ4n) is 3.24. The largest absolute Gasteiger partial charge is 0.490 e. The SMILES string of the molecule is CN(C)CCOCC1CN(Cc2cccc(F)c2)Cc2nccn2C1.O=C(O)C(F)(F)F.O=C(O)C(F)(F)F. The third-order valence-electron chi connectivity index (χ3n) is 4.95. The molecule has 220 valence electrons. The highest BCUT2D eigenvalue weighted by Gasteiger charge is 2.38. The van der Waals surface area contributed by atoms with Gasteiger partial charge >= 0.3 is 24.3 Å². The first kappa shape index (κ1) is 33.8. The van der Waals surface area contributed by atoms with Crippen LogP contribution in [0.15, 0.2) is 36.7 Å². The normalized spacial score (nSPS) is 15.8. The summed E-state index contributed by atoms with van der Waals surface area (Å²) in [4.78, 5) is 26.7. The van der Waals surface area contributed by atoms with E-state index in [4.69, 9.17) is 24.5 Å². The van der Waals surface area contributed by atoms with Crippen molar-refractivity contribution in [1.29, 1.82) is 0 Å². The fraction of sp³-hybridized carbons (Fsp3) is 0.522. The molecule has 1 aliphatic heterocycles. The molecule has 2 heterocycles. The highest BCUT2D eigenvalue weighted by atomic mass is 19.4. The third-order valence-corrected chi connectivity index (χ3v) is 4.95. The number of carbonyl (C=O) groups is 2. The Morgan fingerprint density at radius 3 is 2.18 bits per heavy atom. The Bertz CT molecular complexity index is 1020. The number of hydrogen-bond donors (Lipinski definition) is 2. The van der Waals surface area contributed by atoms with Gasteiger partial charge in [-0.2, -0.15) is 26.3 Å². The summed E-state index contributed by atoms with van der Waals surface area (Å²) in [5.74, 6) is -4.24. The lowest BCUT2D eigenvalue weighted by molar-refractivity contribution is -0.193. The van der Waals surface area contributed by atoms with Crippen molar-refractivity contribution in [3.05, 3.63) is 53.9 Å². The Labute approximate surface area is 219 Å². The molecule has 0 amide bonds. The van der Waals surface area contributed by atoms with Gasteiger partial charge in [-0.15, -0.1) is 0 Å². The van der Waals surface area contributed by atoms with E-state index >= 15 is 0 Å². The molecule has 0 saturated carbocycles. The zero-order valence-corrected chi connectivity index (χ0v) is 21.0. The van der Waals surface area contributed by atoms with Gasteiger partial charge in [0.1, 0.15) is 11.6 Å². The Morgan fingerprint density at radius 2 is 1.67 bits per heavy atom. The predicted molar refractivity (Wildman–Crippen MR) is 123 cm³/mol. The van der Waals surface area contributed by atoms with Crippen LogP contribution in [0.2, 0.25) is 0 Å². The first-order valence-electron chi connectivity index (χ1n) is 11.3. The van der Waals surface area contributed by atoms with Gasteiger partial charge in [0.2, 0.25) is 0 Å². The monoisotopic (exact) mass is 574 g/mol. The number of aromatic nitrogens is 2. The molecule has 0 saturated heterocycles. The highest BCUT2D eigenvalue weighted by Crippen LogP contribution is 2.19. The van der Waals surface area contributed by atoms with Gasteiger partial charge in [0.05, 0.1) is 19.8 Å². The summed E-state index contributed by atoms with van der Waals surface area (Å²) in [5, 5.41) is 14.2. The molecule has 1 aliphatic rings. The number of benzene rings is 1. The standard InChI is InChI=1S/C19H27FN4O.2C2HF3O2/c1-22(2)8-9-25-15-17-12-23(11-16-4-3-5-18(20)10-16)14-19-21-6-7-24(19)13-17;2*3-2(4,5)1(6)7/h3-7,10,17H,8-9,11-15H2,1-2H3;2*(H,6,7). The minimum Gasteiger partial charge on any atom is -0.475 e. The number of carboxylic acids is 2. The second-order valence-corrected chi connectivity index (χ2v) is 8.65. The summed E-state index contributed by atoms with van der Waals surface area (Å²) in [6, 6.07) is 6.84. The van der Waals surface area contributed by atoms with Gasteiger partial charge in [-0.05, 0) is 31.8 Å². The first-order valence-corrected chi connectivity index (χ1v) is 11.3. The van der Waals surface area contributed by atoms with E-state index in [-0.39, 0.29) is 5.82 Å². The van der Waals surface area contributed by atoms with E-state index in [1.54, 1.807) is 12.1 Å². The van der Waals surface area contributed by atoms with Crippen molar-refractivity contribution in [1.82, 2.24) is 19.4 Å². The minimum atomic E-state index is -5.08. The molecule has 16 heteroatoms. The number of carboxylic acid groups (broad SMARTS) is 2. The summed E-state index contributed by atoms with van der Waals surface area (Å²) >= 11 is 0. The highest BCUT2D eigenvalue weighted by molar-refractivity contribution is 5.73. The maximum absolute atomic E-state index is 13.5. The molecular weight excluding hydrogens is 545 g/mol. The average Bonchev–Trinajstić information content (AvgIpc) is 3.15. The molecule has 0 aliphatic carbocycles. The van der Waals surface area contributed by atoms with E-state index in [9.17, 15) is 30.7 Å². The van der Waals surface area contributed by atoms with Gasteiger partial charge in [-0.3, -0.25) is 4.90 Å². The van der Waals surface area contributed by atoms with E-state index in [0.717, 1.165) is 57.3 Å². The van der Waals surface area contributed by atoms with Crippen molar-refractivity contribution in [3.8, 4) is 0 Å². The second kappa shape index (κ2) is 15.4. The number of imidazole rings is 1. The minimum absolute atomic E-state index is 0.183. The van der Waals surface area contributed by atoms with Gasteiger partial charge in [0.15, 0.2) is 0 Å². The Hall–Kier alpha value is -3.24. The summed E-state index contributed by atoms with van der Waals surface area (Å²) in [6.07, 6.45) is -6.28. The maximum atomic E-state index is 13.5. The molecule has 1 aromatic carbocycles. The number of alkyl halides is 6. The van der Waals surface area contributed by atoms with Crippen LogP contribution in [0, 0.1) is 11.7 Å². The van der Waals surface area contributed by atoms with Crippen molar-refractivity contribution in [2.24, 2.45) is 5.92 Å². The molecule has 0 fully saturated rings. The number of hydrogen-bond acceptors (Lipinski definition) is 6. The Morgan fingerprint density at radius 1 is 1.08 bits per heavy atom. The van der Waals surface area contributed by atoms with Gasteiger partial charge in [-0.1, -0.05) is 12.1 Å². The second-order valence-electron chi connectivity index (χ2n) is 8.65. The lowest BCUT2D eigenvalue weighted by Gasteiger charge is -2.24. The van der Waals surface area contributed by atoms with Gasteiger partial charge in [-0.25, -0.2) is 19.0 Å². The van der Waals surface area contributed by atoms with Crippen LogP contribution in [0.5, 0.6) is 0 Å². The number of ether oxygens (including phenoxy) is 1. The fourth-order valence-corrected chi connectivity index (χ4v) is 3.24. The van der Waals surface area contributed by atoms with Crippen molar-refractivity contribution in [3.63, 3.8) is 0 Å². The van der Waals surface area contributed by atoms with E-state index in [2.05, 4.69) is 19.4 Å². The number of nitrogens with zero attached hydrogens (tertiary/aromatic N) is 4. The lowest BCUT2D eigenvalue weighted by atomic mass is 10.1. The predicted octanol–water partition coefficient (Wildman–Crippen LogP) is 3.50. The molecule has 9 nitrogen and oxygen atoms in total. The Balaban J connectivity index is 0.000000449. The topological polar surface area (TPSA) is 108 Å². The molecule has 2 N–H and O–H groups in total. The number of aliphatic carboxylic acids is 2. The van der Waals surface area contributed by atoms with Crippen molar-refractivity contribution >= 4 is 11.9 Å². The summed E-state index contributed by atoms with van der Waals surface area (Å²) in [7, 11) is 4.10. The zero-order chi connectivity index (χ0) is 29.8. The molecule has 0 bridgehead atoms. The molecule has 0 radical (unpaired) electrons. The average molecular weight is 574 g/mol. The van der Waals surface area contributed by atoms with Crippen LogP contribution < -0.4 is 0 Å². The van der Waals surface area contributed by atoms with E-state index in [1.807, 2.05) is 32.6 Å². The van der Waals surface area contributed by atoms with E-state index in [0.29, 0.717) is 5.92 Å².